The minimum Gasteiger partial charge on any atom is -0.497 e. The van der Waals surface area contributed by atoms with Gasteiger partial charge in [0.15, 0.2) is 0 Å². The van der Waals surface area contributed by atoms with Gasteiger partial charge in [-0.2, -0.15) is 0 Å². The summed E-state index contributed by atoms with van der Waals surface area (Å²) in [4.78, 5) is 12.3. The van der Waals surface area contributed by atoms with Crippen molar-refractivity contribution in [1.29, 1.82) is 0 Å². The van der Waals surface area contributed by atoms with Gasteiger partial charge in [0, 0.05) is 18.2 Å². The van der Waals surface area contributed by atoms with Crippen LogP contribution in [0.4, 0.5) is 0 Å². The summed E-state index contributed by atoms with van der Waals surface area (Å²) in [6, 6.07) is 5.80. The monoisotopic (exact) mass is 288 g/mol. The van der Waals surface area contributed by atoms with Crippen molar-refractivity contribution in [2.24, 2.45) is 0 Å². The van der Waals surface area contributed by atoms with Crippen molar-refractivity contribution in [2.75, 3.05) is 26.8 Å². The van der Waals surface area contributed by atoms with Crippen LogP contribution in [0, 0.1) is 0 Å². The minimum atomic E-state index is -0.0443. The van der Waals surface area contributed by atoms with E-state index in [1.807, 2.05) is 24.3 Å². The summed E-state index contributed by atoms with van der Waals surface area (Å²) >= 11 is 0. The Morgan fingerprint density at radius 2 is 2.38 bits per heavy atom. The van der Waals surface area contributed by atoms with Crippen LogP contribution in [0.15, 0.2) is 23.8 Å². The lowest BCUT2D eigenvalue weighted by atomic mass is 10.0. The molecule has 0 aliphatic carbocycles. The highest BCUT2D eigenvalue weighted by atomic mass is 16.5. The van der Waals surface area contributed by atoms with Crippen molar-refractivity contribution >= 4 is 12.0 Å². The number of carbonyl (C=O) groups excluding carboxylic acids is 1. The largest absolute Gasteiger partial charge is 0.497 e. The zero-order valence-electron chi connectivity index (χ0n) is 12.1. The van der Waals surface area contributed by atoms with Crippen LogP contribution in [0.2, 0.25) is 0 Å². The zero-order chi connectivity index (χ0) is 14.7. The summed E-state index contributed by atoms with van der Waals surface area (Å²) < 4.78 is 10.8. The molecule has 5 nitrogen and oxygen atoms in total. The van der Waals surface area contributed by atoms with E-state index >= 15 is 0 Å². The summed E-state index contributed by atoms with van der Waals surface area (Å²) in [7, 11) is 1.62. The molecule has 1 atom stereocenters. The number of piperidine rings is 1. The number of carbonyl (C=O) groups is 1. The molecule has 0 aromatic heterocycles. The first-order valence-corrected chi connectivity index (χ1v) is 7.29. The van der Waals surface area contributed by atoms with Crippen LogP contribution in [0.5, 0.6) is 11.5 Å². The maximum absolute atomic E-state index is 12.3. The molecule has 0 spiro atoms. The Bertz CT molecular complexity index is 563. The third-order valence-corrected chi connectivity index (χ3v) is 3.85. The molecule has 1 saturated heterocycles. The van der Waals surface area contributed by atoms with Gasteiger partial charge in [-0.3, -0.25) is 4.79 Å². The number of methoxy groups -OCH3 is 1. The topological polar surface area (TPSA) is 59.6 Å². The van der Waals surface area contributed by atoms with Crippen molar-refractivity contribution in [1.82, 2.24) is 10.6 Å². The Hall–Kier alpha value is -2.01. The van der Waals surface area contributed by atoms with E-state index in [0.717, 1.165) is 43.0 Å². The van der Waals surface area contributed by atoms with Crippen molar-refractivity contribution in [2.45, 2.75) is 18.9 Å². The van der Waals surface area contributed by atoms with Crippen molar-refractivity contribution in [3.8, 4) is 11.5 Å². The highest BCUT2D eigenvalue weighted by Crippen LogP contribution is 2.29. The van der Waals surface area contributed by atoms with E-state index in [2.05, 4.69) is 10.6 Å². The van der Waals surface area contributed by atoms with Crippen molar-refractivity contribution in [3.63, 3.8) is 0 Å². The van der Waals surface area contributed by atoms with Crippen LogP contribution in [0.1, 0.15) is 18.4 Å². The van der Waals surface area contributed by atoms with E-state index < -0.39 is 0 Å². The third kappa shape index (κ3) is 3.19. The van der Waals surface area contributed by atoms with Gasteiger partial charge in [-0.15, -0.1) is 0 Å². The molecule has 0 radical (unpaired) electrons. The standard InChI is InChI=1S/C16H20N2O3/c1-20-14-4-5-15-11(8-14)7-12(10-21-15)16(19)18-13-3-2-6-17-9-13/h4-5,7-8,13,17H,2-3,6,9-10H2,1H3,(H,18,19)/t13-/m0/s1. The Kier molecular flexibility index (Phi) is 4.10. The predicted octanol–water partition coefficient (Wildman–Crippen LogP) is 1.34. The second-order valence-corrected chi connectivity index (χ2v) is 5.38. The number of amides is 1. The molecule has 1 aromatic carbocycles. The summed E-state index contributed by atoms with van der Waals surface area (Å²) in [5.74, 6) is 1.50. The minimum absolute atomic E-state index is 0.0443. The van der Waals surface area contributed by atoms with E-state index in [0.29, 0.717) is 12.2 Å². The first kappa shape index (κ1) is 13.9. The molecule has 1 fully saturated rings. The van der Waals surface area contributed by atoms with Crippen LogP contribution in [-0.2, 0) is 4.79 Å². The molecule has 2 aliphatic rings. The van der Waals surface area contributed by atoms with Gasteiger partial charge < -0.3 is 20.1 Å². The molecular weight excluding hydrogens is 268 g/mol. The van der Waals surface area contributed by atoms with Crippen LogP contribution in [0.25, 0.3) is 6.08 Å². The number of rotatable bonds is 3. The van der Waals surface area contributed by atoms with Gasteiger partial charge in [0.05, 0.1) is 12.7 Å². The van der Waals surface area contributed by atoms with Crippen LogP contribution in [0.3, 0.4) is 0 Å². The molecule has 3 rings (SSSR count). The molecule has 2 heterocycles. The summed E-state index contributed by atoms with van der Waals surface area (Å²) in [5.41, 5.74) is 1.54. The SMILES string of the molecule is COc1ccc2c(c1)C=C(C(=O)N[C@H]1CCCNC1)CO2. The lowest BCUT2D eigenvalue weighted by Gasteiger charge is -2.25. The van der Waals surface area contributed by atoms with E-state index in [1.54, 1.807) is 7.11 Å². The molecule has 2 aliphatic heterocycles. The van der Waals surface area contributed by atoms with Gasteiger partial charge >= 0.3 is 0 Å². The molecule has 1 aromatic rings. The Balaban J connectivity index is 1.72. The molecule has 0 unspecified atom stereocenters. The second-order valence-electron chi connectivity index (χ2n) is 5.38. The maximum atomic E-state index is 12.3. The lowest BCUT2D eigenvalue weighted by molar-refractivity contribution is -0.118. The molecule has 2 N–H and O–H groups in total. The Morgan fingerprint density at radius 1 is 1.48 bits per heavy atom. The number of hydrogen-bond donors (Lipinski definition) is 2. The quantitative estimate of drug-likeness (QED) is 0.881. The number of fused-ring (bicyclic) bond motifs is 1. The lowest BCUT2D eigenvalue weighted by Crippen LogP contribution is -2.46. The van der Waals surface area contributed by atoms with Crippen molar-refractivity contribution in [3.05, 3.63) is 29.3 Å². The predicted molar refractivity (Wildman–Crippen MR) is 80.5 cm³/mol. The molecule has 1 amide bonds. The molecule has 0 saturated carbocycles. The molecule has 0 bridgehead atoms. The summed E-state index contributed by atoms with van der Waals surface area (Å²) in [6.45, 7) is 2.18. The Labute approximate surface area is 124 Å². The highest BCUT2D eigenvalue weighted by molar-refractivity contribution is 5.99. The van der Waals surface area contributed by atoms with E-state index in [1.165, 1.54) is 0 Å². The summed E-state index contributed by atoms with van der Waals surface area (Å²) in [5, 5.41) is 6.36. The number of benzene rings is 1. The summed E-state index contributed by atoms with van der Waals surface area (Å²) in [6.07, 6.45) is 4.00. The van der Waals surface area contributed by atoms with E-state index in [4.69, 9.17) is 9.47 Å². The molecule has 5 heteroatoms. The zero-order valence-corrected chi connectivity index (χ0v) is 12.1. The first-order chi connectivity index (χ1) is 10.3. The van der Waals surface area contributed by atoms with E-state index in [9.17, 15) is 4.79 Å². The number of hydrogen-bond acceptors (Lipinski definition) is 4. The fraction of sp³-hybridized carbons (Fsp3) is 0.438. The number of ether oxygens (including phenoxy) is 2. The van der Waals surface area contributed by atoms with Gasteiger partial charge in [-0.1, -0.05) is 0 Å². The van der Waals surface area contributed by atoms with Crippen LogP contribution >= 0.6 is 0 Å². The molecule has 112 valence electrons. The average Bonchev–Trinajstić information content (AvgIpc) is 2.54. The second kappa shape index (κ2) is 6.18. The highest BCUT2D eigenvalue weighted by Gasteiger charge is 2.21. The van der Waals surface area contributed by atoms with E-state index in [-0.39, 0.29) is 11.9 Å². The van der Waals surface area contributed by atoms with Crippen LogP contribution < -0.4 is 20.1 Å². The maximum Gasteiger partial charge on any atom is 0.250 e. The van der Waals surface area contributed by atoms with Gasteiger partial charge in [0.1, 0.15) is 18.1 Å². The average molecular weight is 288 g/mol. The van der Waals surface area contributed by atoms with Gasteiger partial charge in [0.25, 0.3) is 5.91 Å². The number of nitrogens with one attached hydrogen (secondary N) is 2. The van der Waals surface area contributed by atoms with Gasteiger partial charge in [-0.25, -0.2) is 0 Å². The molecular formula is C16H20N2O3. The van der Waals surface area contributed by atoms with Crippen molar-refractivity contribution < 1.29 is 14.3 Å². The fourth-order valence-corrected chi connectivity index (χ4v) is 2.67. The van der Waals surface area contributed by atoms with Crippen LogP contribution in [-0.4, -0.2) is 38.8 Å². The third-order valence-electron chi connectivity index (χ3n) is 3.85. The first-order valence-electron chi connectivity index (χ1n) is 7.29. The Morgan fingerprint density at radius 3 is 3.14 bits per heavy atom. The smallest absolute Gasteiger partial charge is 0.250 e. The fourth-order valence-electron chi connectivity index (χ4n) is 2.67. The normalized spacial score (nSPS) is 20.8. The van der Waals surface area contributed by atoms with Gasteiger partial charge in [-0.05, 0) is 43.7 Å². The van der Waals surface area contributed by atoms with Gasteiger partial charge in [0.2, 0.25) is 0 Å². The molecule has 21 heavy (non-hydrogen) atoms.